The maximum atomic E-state index is 12.2. The first-order valence-corrected chi connectivity index (χ1v) is 13.9. The summed E-state index contributed by atoms with van der Waals surface area (Å²) in [5, 5.41) is 3.52. The largest absolute Gasteiger partial charge is 0.419 e. The lowest BCUT2D eigenvalue weighted by Crippen LogP contribution is -2.08. The molecule has 0 unspecified atom stereocenters. The zero-order chi connectivity index (χ0) is 32.8. The molecule has 0 radical (unpaired) electrons. The van der Waals surface area contributed by atoms with Gasteiger partial charge in [0.25, 0.3) is 0 Å². The van der Waals surface area contributed by atoms with Gasteiger partial charge in [-0.1, -0.05) is 80.9 Å². The molecule has 0 aromatic heterocycles. The fraction of sp³-hybridized carbons (Fsp3) is 0. The van der Waals surface area contributed by atoms with Crippen molar-refractivity contribution < 1.29 is 38.1 Å². The van der Waals surface area contributed by atoms with E-state index in [1.165, 1.54) is 6.07 Å². The van der Waals surface area contributed by atoms with E-state index in [1.54, 1.807) is 30.3 Å². The Balaban J connectivity index is 1.75. The van der Waals surface area contributed by atoms with Crippen LogP contribution in [-0.4, -0.2) is 23.9 Å². The van der Waals surface area contributed by atoms with Gasteiger partial charge >= 0.3 is 23.9 Å². The first-order chi connectivity index (χ1) is 22.3. The third-order valence-corrected chi connectivity index (χ3v) is 6.90. The zero-order valence-corrected chi connectivity index (χ0v) is 24.5. The van der Waals surface area contributed by atoms with Crippen molar-refractivity contribution >= 4 is 45.4 Å². The maximum Gasteiger partial charge on any atom is 0.335 e. The third-order valence-electron chi connectivity index (χ3n) is 6.90. The Kier molecular flexibility index (Phi) is 9.00. The Labute approximate surface area is 264 Å². The first kappa shape index (κ1) is 30.9. The lowest BCUT2D eigenvalue weighted by molar-refractivity contribution is -0.131. The average molecular weight is 611 g/mol. The lowest BCUT2D eigenvalue weighted by Gasteiger charge is -2.17. The molecule has 5 aromatic carbocycles. The smallest absolute Gasteiger partial charge is 0.335 e. The summed E-state index contributed by atoms with van der Waals surface area (Å²) in [6, 6.07) is 25.4. The van der Waals surface area contributed by atoms with Crippen LogP contribution in [0.5, 0.6) is 23.0 Å². The number of rotatable bonds is 10. The molecule has 8 heteroatoms. The van der Waals surface area contributed by atoms with E-state index >= 15 is 0 Å². The van der Waals surface area contributed by atoms with Crippen LogP contribution in [0.15, 0.2) is 136 Å². The van der Waals surface area contributed by atoms with E-state index in [1.807, 2.05) is 48.5 Å². The molecule has 0 saturated carbocycles. The van der Waals surface area contributed by atoms with Gasteiger partial charge in [-0.25, -0.2) is 19.2 Å². The number of fused-ring (bicyclic) bond motifs is 2. The van der Waals surface area contributed by atoms with Crippen molar-refractivity contribution in [2.45, 2.75) is 0 Å². The van der Waals surface area contributed by atoms with Crippen molar-refractivity contribution in [3.8, 4) is 45.3 Å². The minimum absolute atomic E-state index is 0.0215. The highest BCUT2D eigenvalue weighted by molar-refractivity contribution is 6.16. The summed E-state index contributed by atoms with van der Waals surface area (Å²) >= 11 is 0. The second-order valence-electron chi connectivity index (χ2n) is 9.70. The van der Waals surface area contributed by atoms with Gasteiger partial charge in [-0.3, -0.25) is 0 Å². The van der Waals surface area contributed by atoms with Crippen LogP contribution < -0.4 is 18.9 Å². The summed E-state index contributed by atoms with van der Waals surface area (Å²) in [5.74, 6) is -2.77. The molecule has 0 atom stereocenters. The summed E-state index contributed by atoms with van der Waals surface area (Å²) in [7, 11) is 0. The molecular weight excluding hydrogens is 584 g/mol. The fourth-order valence-corrected chi connectivity index (χ4v) is 4.92. The van der Waals surface area contributed by atoms with Gasteiger partial charge in [-0.2, -0.15) is 0 Å². The van der Waals surface area contributed by atoms with Gasteiger partial charge in [-0.15, -0.1) is 0 Å². The summed E-state index contributed by atoms with van der Waals surface area (Å²) in [4.78, 5) is 48.3. The van der Waals surface area contributed by atoms with Crippen molar-refractivity contribution in [3.63, 3.8) is 0 Å². The Morgan fingerprint density at radius 2 is 0.935 bits per heavy atom. The van der Waals surface area contributed by atoms with E-state index in [2.05, 4.69) is 26.3 Å². The molecule has 0 aliphatic rings. The summed E-state index contributed by atoms with van der Waals surface area (Å²) in [5.41, 5.74) is 2.96. The van der Waals surface area contributed by atoms with Crippen LogP contribution in [0.2, 0.25) is 0 Å². The minimum Gasteiger partial charge on any atom is -0.419 e. The molecule has 0 spiro atoms. The van der Waals surface area contributed by atoms with Crippen molar-refractivity contribution in [2.75, 3.05) is 0 Å². The average Bonchev–Trinajstić information content (AvgIpc) is 3.08. The molecule has 0 fully saturated rings. The van der Waals surface area contributed by atoms with Crippen LogP contribution in [0.3, 0.4) is 0 Å². The number of esters is 4. The second-order valence-corrected chi connectivity index (χ2v) is 9.70. The molecule has 0 amide bonds. The molecular formula is C38H26O8. The summed E-state index contributed by atoms with van der Waals surface area (Å²) in [6.45, 7) is 13.7. The Morgan fingerprint density at radius 1 is 0.457 bits per heavy atom. The predicted molar refractivity (Wildman–Crippen MR) is 176 cm³/mol. The van der Waals surface area contributed by atoms with Crippen molar-refractivity contribution in [3.05, 3.63) is 136 Å². The SMILES string of the molecule is C=CC(=O)Oc1ccc(-c2cccc3c(-c4ccc(OC(=O)C=C)c(OC(=O)C=C)c4)c4ccccc4cc23)cc1OC(=O)C=C. The topological polar surface area (TPSA) is 105 Å². The Bertz CT molecular complexity index is 2100. The Morgan fingerprint density at radius 3 is 1.50 bits per heavy atom. The number of ether oxygens (including phenoxy) is 4. The summed E-state index contributed by atoms with van der Waals surface area (Å²) < 4.78 is 21.5. The van der Waals surface area contributed by atoms with Gasteiger partial charge in [0.05, 0.1) is 0 Å². The van der Waals surface area contributed by atoms with Gasteiger partial charge in [0.1, 0.15) is 0 Å². The van der Waals surface area contributed by atoms with E-state index in [4.69, 9.17) is 18.9 Å². The lowest BCUT2D eigenvalue weighted by atomic mass is 9.88. The second kappa shape index (κ2) is 13.4. The number of hydrogen-bond acceptors (Lipinski definition) is 8. The van der Waals surface area contributed by atoms with Crippen LogP contribution in [0.1, 0.15) is 0 Å². The monoisotopic (exact) mass is 610 g/mol. The fourth-order valence-electron chi connectivity index (χ4n) is 4.92. The molecule has 5 rings (SSSR count). The molecule has 8 nitrogen and oxygen atoms in total. The predicted octanol–water partition coefficient (Wildman–Crippen LogP) is 7.69. The standard InChI is InChI=1S/C38H26O8/c1-5-34(39)43-30-18-16-24(21-32(30)45-36(41)7-3)26-14-11-15-28-29(26)20-23-12-9-10-13-27(23)38(28)25-17-19-31(44-35(40)6-2)33(22-25)46-37(42)8-4/h5-22H,1-4H2. The highest BCUT2D eigenvalue weighted by Crippen LogP contribution is 2.43. The Hall–Kier alpha value is -6.54. The molecule has 0 aliphatic carbocycles. The molecule has 0 N–H and O–H groups in total. The van der Waals surface area contributed by atoms with Crippen LogP contribution >= 0.6 is 0 Å². The van der Waals surface area contributed by atoms with E-state index in [9.17, 15) is 19.2 Å². The number of hydrogen-bond donors (Lipinski definition) is 0. The highest BCUT2D eigenvalue weighted by Gasteiger charge is 2.19. The highest BCUT2D eigenvalue weighted by atomic mass is 16.6. The van der Waals surface area contributed by atoms with Gasteiger partial charge in [-0.05, 0) is 74.1 Å². The molecule has 0 saturated heterocycles. The van der Waals surface area contributed by atoms with Crippen LogP contribution in [0.4, 0.5) is 0 Å². The quantitative estimate of drug-likeness (QED) is 0.0686. The van der Waals surface area contributed by atoms with Crippen LogP contribution in [-0.2, 0) is 19.2 Å². The van der Waals surface area contributed by atoms with Crippen LogP contribution in [0, 0.1) is 0 Å². The summed E-state index contributed by atoms with van der Waals surface area (Å²) in [6.07, 6.45) is 4.03. The minimum atomic E-state index is -0.728. The van der Waals surface area contributed by atoms with Gasteiger partial charge in [0.2, 0.25) is 0 Å². The van der Waals surface area contributed by atoms with E-state index < -0.39 is 23.9 Å². The van der Waals surface area contributed by atoms with Crippen molar-refractivity contribution in [2.24, 2.45) is 0 Å². The third kappa shape index (κ3) is 6.36. The molecule has 5 aromatic rings. The van der Waals surface area contributed by atoms with E-state index in [0.29, 0.717) is 11.1 Å². The molecule has 226 valence electrons. The van der Waals surface area contributed by atoms with Gasteiger partial charge in [0.15, 0.2) is 23.0 Å². The van der Waals surface area contributed by atoms with Crippen LogP contribution in [0.25, 0.3) is 43.8 Å². The van der Waals surface area contributed by atoms with E-state index in [-0.39, 0.29) is 23.0 Å². The van der Waals surface area contributed by atoms with E-state index in [0.717, 1.165) is 57.0 Å². The maximum absolute atomic E-state index is 12.2. The molecule has 0 heterocycles. The molecule has 0 bridgehead atoms. The first-order valence-electron chi connectivity index (χ1n) is 13.9. The molecule has 0 aliphatic heterocycles. The normalized spacial score (nSPS) is 10.4. The number of benzene rings is 5. The number of carbonyl (C=O) groups is 4. The number of carbonyl (C=O) groups excluding carboxylic acids is 4. The van der Waals surface area contributed by atoms with Crippen molar-refractivity contribution in [1.29, 1.82) is 0 Å². The van der Waals surface area contributed by atoms with Gasteiger partial charge in [0, 0.05) is 24.3 Å². The van der Waals surface area contributed by atoms with Crippen molar-refractivity contribution in [1.82, 2.24) is 0 Å². The molecule has 46 heavy (non-hydrogen) atoms. The van der Waals surface area contributed by atoms with Gasteiger partial charge < -0.3 is 18.9 Å². The zero-order valence-electron chi connectivity index (χ0n) is 24.5.